The molecule has 0 radical (unpaired) electrons. The Kier molecular flexibility index (Phi) is 4.34. The first-order valence-electron chi connectivity index (χ1n) is 7.74. The van der Waals surface area contributed by atoms with Crippen LogP contribution >= 0.6 is 0 Å². The molecule has 2 N–H and O–H groups in total. The summed E-state index contributed by atoms with van der Waals surface area (Å²) in [6.07, 6.45) is 7.17. The van der Waals surface area contributed by atoms with E-state index in [9.17, 15) is 4.79 Å². The number of carbonyl (C=O) groups is 1. The number of nitrogens with one attached hydrogen (secondary N) is 2. The average Bonchev–Trinajstić information content (AvgIpc) is 2.88. The fourth-order valence-corrected chi connectivity index (χ4v) is 2.88. The second-order valence-electron chi connectivity index (χ2n) is 5.69. The van der Waals surface area contributed by atoms with Crippen molar-refractivity contribution >= 4 is 5.91 Å². The molecule has 1 heterocycles. The van der Waals surface area contributed by atoms with Gasteiger partial charge < -0.3 is 5.32 Å². The Balaban J connectivity index is 1.66. The van der Waals surface area contributed by atoms with Crippen LogP contribution in [-0.2, 0) is 0 Å². The lowest BCUT2D eigenvalue weighted by Gasteiger charge is -2.15. The van der Waals surface area contributed by atoms with Crippen molar-refractivity contribution in [1.82, 2.24) is 15.5 Å². The molecule has 1 aromatic heterocycles. The zero-order valence-corrected chi connectivity index (χ0v) is 12.1. The van der Waals surface area contributed by atoms with E-state index in [1.165, 1.54) is 25.7 Å². The number of aromatic amines is 1. The van der Waals surface area contributed by atoms with Crippen LogP contribution in [0.1, 0.15) is 49.0 Å². The first kappa shape index (κ1) is 13.9. The first-order valence-corrected chi connectivity index (χ1v) is 7.74. The van der Waals surface area contributed by atoms with Gasteiger partial charge in [0.2, 0.25) is 0 Å². The smallest absolute Gasteiger partial charge is 0.269 e. The normalized spacial score (nSPS) is 16.4. The van der Waals surface area contributed by atoms with E-state index in [0.29, 0.717) is 11.7 Å². The van der Waals surface area contributed by atoms with Gasteiger partial charge >= 0.3 is 0 Å². The van der Waals surface area contributed by atoms with Gasteiger partial charge in [-0.15, -0.1) is 0 Å². The molecule has 0 saturated heterocycles. The van der Waals surface area contributed by atoms with Crippen LogP contribution in [0.5, 0.6) is 0 Å². The van der Waals surface area contributed by atoms with Gasteiger partial charge in [0.1, 0.15) is 5.69 Å². The molecule has 0 atom stereocenters. The molecule has 0 unspecified atom stereocenters. The Morgan fingerprint density at radius 2 is 1.81 bits per heavy atom. The monoisotopic (exact) mass is 283 g/mol. The number of aromatic nitrogens is 2. The van der Waals surface area contributed by atoms with Crippen molar-refractivity contribution in [3.8, 4) is 11.3 Å². The molecule has 21 heavy (non-hydrogen) atoms. The topological polar surface area (TPSA) is 57.8 Å². The van der Waals surface area contributed by atoms with Crippen LogP contribution in [0, 0.1) is 0 Å². The van der Waals surface area contributed by atoms with Crippen molar-refractivity contribution in [3.63, 3.8) is 0 Å². The molecule has 4 heteroatoms. The van der Waals surface area contributed by atoms with Crippen LogP contribution < -0.4 is 5.32 Å². The molecular formula is C17H21N3O. The molecule has 1 aliphatic carbocycles. The molecule has 1 amide bonds. The Labute approximate surface area is 125 Å². The molecule has 0 spiro atoms. The summed E-state index contributed by atoms with van der Waals surface area (Å²) in [5, 5.41) is 10.2. The van der Waals surface area contributed by atoms with Crippen molar-refractivity contribution in [3.05, 3.63) is 42.1 Å². The molecule has 110 valence electrons. The van der Waals surface area contributed by atoms with Gasteiger partial charge in [-0.05, 0) is 18.9 Å². The van der Waals surface area contributed by atoms with E-state index in [0.717, 1.165) is 24.1 Å². The molecule has 0 bridgehead atoms. The number of hydrogen-bond acceptors (Lipinski definition) is 2. The van der Waals surface area contributed by atoms with Gasteiger partial charge in [-0.1, -0.05) is 56.0 Å². The minimum Gasteiger partial charge on any atom is -0.348 e. The maximum Gasteiger partial charge on any atom is 0.269 e. The number of benzene rings is 1. The number of amides is 1. The van der Waals surface area contributed by atoms with Gasteiger partial charge in [0.05, 0.1) is 5.69 Å². The summed E-state index contributed by atoms with van der Waals surface area (Å²) < 4.78 is 0. The van der Waals surface area contributed by atoms with Crippen molar-refractivity contribution in [2.75, 3.05) is 0 Å². The summed E-state index contributed by atoms with van der Waals surface area (Å²) in [4.78, 5) is 12.3. The molecule has 0 aliphatic heterocycles. The third-order valence-electron chi connectivity index (χ3n) is 4.08. The Morgan fingerprint density at radius 1 is 1.10 bits per heavy atom. The summed E-state index contributed by atoms with van der Waals surface area (Å²) in [6, 6.07) is 12.0. The summed E-state index contributed by atoms with van der Waals surface area (Å²) in [5.41, 5.74) is 2.36. The molecule has 1 saturated carbocycles. The van der Waals surface area contributed by atoms with E-state index in [1.807, 2.05) is 36.4 Å². The van der Waals surface area contributed by atoms with Crippen LogP contribution in [0.15, 0.2) is 36.4 Å². The average molecular weight is 283 g/mol. The Morgan fingerprint density at radius 3 is 2.52 bits per heavy atom. The highest BCUT2D eigenvalue weighted by Gasteiger charge is 2.17. The summed E-state index contributed by atoms with van der Waals surface area (Å²) in [7, 11) is 0. The summed E-state index contributed by atoms with van der Waals surface area (Å²) in [6.45, 7) is 0. The van der Waals surface area contributed by atoms with Gasteiger partial charge in [-0.2, -0.15) is 5.10 Å². The number of nitrogens with zero attached hydrogens (tertiary/aromatic N) is 1. The van der Waals surface area contributed by atoms with Crippen LogP contribution in [-0.4, -0.2) is 22.1 Å². The van der Waals surface area contributed by atoms with Crippen molar-refractivity contribution < 1.29 is 4.79 Å². The molecule has 1 fully saturated rings. The SMILES string of the molecule is O=C(NC1CCCCCC1)c1cc(-c2ccccc2)n[nH]1. The molecule has 3 rings (SSSR count). The van der Waals surface area contributed by atoms with E-state index in [2.05, 4.69) is 15.5 Å². The molecule has 1 aromatic carbocycles. The minimum absolute atomic E-state index is 0.0448. The minimum atomic E-state index is -0.0448. The zero-order valence-electron chi connectivity index (χ0n) is 12.1. The fraction of sp³-hybridized carbons (Fsp3) is 0.412. The molecule has 1 aliphatic rings. The molecule has 2 aromatic rings. The van der Waals surface area contributed by atoms with Gasteiger partial charge in [-0.3, -0.25) is 9.89 Å². The second kappa shape index (κ2) is 6.57. The van der Waals surface area contributed by atoms with Gasteiger partial charge in [0.25, 0.3) is 5.91 Å². The number of H-pyrrole nitrogens is 1. The number of carbonyl (C=O) groups excluding carboxylic acids is 1. The van der Waals surface area contributed by atoms with Crippen molar-refractivity contribution in [2.24, 2.45) is 0 Å². The quantitative estimate of drug-likeness (QED) is 0.847. The van der Waals surface area contributed by atoms with Gasteiger partial charge in [-0.25, -0.2) is 0 Å². The maximum atomic E-state index is 12.3. The van der Waals surface area contributed by atoms with Crippen LogP contribution in [0.2, 0.25) is 0 Å². The van der Waals surface area contributed by atoms with Crippen LogP contribution in [0.3, 0.4) is 0 Å². The third-order valence-corrected chi connectivity index (χ3v) is 4.08. The fourth-order valence-electron chi connectivity index (χ4n) is 2.88. The van der Waals surface area contributed by atoms with Crippen molar-refractivity contribution in [1.29, 1.82) is 0 Å². The maximum absolute atomic E-state index is 12.3. The first-order chi connectivity index (χ1) is 10.3. The summed E-state index contributed by atoms with van der Waals surface area (Å²) >= 11 is 0. The molecule has 4 nitrogen and oxygen atoms in total. The van der Waals surface area contributed by atoms with E-state index >= 15 is 0 Å². The Bertz CT molecular complexity index is 583. The van der Waals surface area contributed by atoms with Crippen LogP contribution in [0.25, 0.3) is 11.3 Å². The third kappa shape index (κ3) is 3.51. The lowest BCUT2D eigenvalue weighted by molar-refractivity contribution is 0.0928. The highest BCUT2D eigenvalue weighted by Crippen LogP contribution is 2.19. The predicted molar refractivity (Wildman–Crippen MR) is 83.0 cm³/mol. The van der Waals surface area contributed by atoms with E-state index in [-0.39, 0.29) is 5.91 Å². The predicted octanol–water partition coefficient (Wildman–Crippen LogP) is 3.53. The largest absolute Gasteiger partial charge is 0.348 e. The second-order valence-corrected chi connectivity index (χ2v) is 5.69. The van der Waals surface area contributed by atoms with Gasteiger partial charge in [0.15, 0.2) is 0 Å². The zero-order chi connectivity index (χ0) is 14.5. The molecular weight excluding hydrogens is 262 g/mol. The highest BCUT2D eigenvalue weighted by atomic mass is 16.2. The van der Waals surface area contributed by atoms with Gasteiger partial charge in [0, 0.05) is 11.6 Å². The lowest BCUT2D eigenvalue weighted by atomic mass is 10.1. The van der Waals surface area contributed by atoms with E-state index in [4.69, 9.17) is 0 Å². The Hall–Kier alpha value is -2.10. The highest BCUT2D eigenvalue weighted by molar-refractivity contribution is 5.93. The standard InChI is InChI=1S/C17H21N3O/c21-17(18-14-10-6-1-2-7-11-14)16-12-15(19-20-16)13-8-4-3-5-9-13/h3-5,8-9,12,14H,1-2,6-7,10-11H2,(H,18,21)(H,19,20). The summed E-state index contributed by atoms with van der Waals surface area (Å²) in [5.74, 6) is -0.0448. The van der Waals surface area contributed by atoms with Crippen LogP contribution in [0.4, 0.5) is 0 Å². The van der Waals surface area contributed by atoms with Crippen molar-refractivity contribution in [2.45, 2.75) is 44.6 Å². The number of hydrogen-bond donors (Lipinski definition) is 2. The lowest BCUT2D eigenvalue weighted by Crippen LogP contribution is -2.34. The van der Waals surface area contributed by atoms with E-state index in [1.54, 1.807) is 0 Å². The number of rotatable bonds is 3. The van der Waals surface area contributed by atoms with E-state index < -0.39 is 0 Å².